The fourth-order valence-corrected chi connectivity index (χ4v) is 1.06. The summed E-state index contributed by atoms with van der Waals surface area (Å²) in [5.41, 5.74) is 1.03. The first-order valence-corrected chi connectivity index (χ1v) is 3.84. The van der Waals surface area contributed by atoms with Crippen molar-refractivity contribution in [1.82, 2.24) is 5.16 Å². The number of hydrogen-bond donors (Lipinski definition) is 0. The smallest absolute Gasteiger partial charge is 0.375 e. The van der Waals surface area contributed by atoms with E-state index in [9.17, 15) is 4.79 Å². The molecule has 2 aromatic rings. The summed E-state index contributed by atoms with van der Waals surface area (Å²) >= 11 is 0. The van der Waals surface area contributed by atoms with E-state index in [4.69, 9.17) is 0 Å². The number of hydrogen-bond acceptors (Lipinski definition) is 4. The zero-order chi connectivity index (χ0) is 9.10. The molecule has 0 aliphatic rings. The Morgan fingerprint density at radius 3 is 2.62 bits per heavy atom. The van der Waals surface area contributed by atoms with Crippen LogP contribution in [-0.4, -0.2) is 5.16 Å². The lowest BCUT2D eigenvalue weighted by Gasteiger charge is -1.92. The second-order valence-corrected chi connectivity index (χ2v) is 2.59. The number of nitrogens with zero attached hydrogens (tertiary/aromatic N) is 1. The lowest BCUT2D eigenvalue weighted by Crippen LogP contribution is -1.89. The van der Waals surface area contributed by atoms with Gasteiger partial charge in [-0.2, -0.15) is 0 Å². The Hall–Kier alpha value is -1.84. The predicted molar refractivity (Wildman–Crippen MR) is 44.3 cm³/mol. The van der Waals surface area contributed by atoms with Gasteiger partial charge in [0, 0.05) is 0 Å². The van der Waals surface area contributed by atoms with E-state index in [0.29, 0.717) is 12.3 Å². The molecule has 13 heavy (non-hydrogen) atoms. The molecule has 4 heteroatoms. The molecule has 1 aromatic carbocycles. The molecule has 66 valence electrons. The van der Waals surface area contributed by atoms with Crippen molar-refractivity contribution in [2.24, 2.45) is 0 Å². The topological polar surface area (TPSA) is 56.2 Å². The summed E-state index contributed by atoms with van der Waals surface area (Å²) < 4.78 is 8.92. The summed E-state index contributed by atoms with van der Waals surface area (Å²) in [5, 5.41) is 3.46. The number of benzene rings is 1. The fraction of sp³-hybridized carbons (Fsp3) is 0.111. The first-order valence-electron chi connectivity index (χ1n) is 3.84. The Balaban J connectivity index is 2.20. The maximum Gasteiger partial charge on any atom is 0.542 e. The number of rotatable bonds is 2. The zero-order valence-electron chi connectivity index (χ0n) is 6.77. The Morgan fingerprint density at radius 1 is 1.23 bits per heavy atom. The molecule has 0 saturated carbocycles. The maximum atomic E-state index is 10.5. The fourth-order valence-electron chi connectivity index (χ4n) is 1.06. The van der Waals surface area contributed by atoms with Gasteiger partial charge in [0.1, 0.15) is 0 Å². The van der Waals surface area contributed by atoms with Crippen molar-refractivity contribution in [3.8, 4) is 0 Å². The Morgan fingerprint density at radius 2 is 2.00 bits per heavy atom. The normalized spacial score (nSPS) is 10.2. The van der Waals surface area contributed by atoms with Crippen molar-refractivity contribution < 1.29 is 8.94 Å². The van der Waals surface area contributed by atoms with Gasteiger partial charge in [-0.15, -0.1) is 0 Å². The molecule has 0 spiro atoms. The van der Waals surface area contributed by atoms with Crippen molar-refractivity contribution in [1.29, 1.82) is 0 Å². The monoisotopic (exact) mass is 177 g/mol. The molecular weight excluding hydrogens is 170 g/mol. The minimum absolute atomic E-state index is 0.302. The van der Waals surface area contributed by atoms with Crippen molar-refractivity contribution in [2.45, 2.75) is 6.42 Å². The van der Waals surface area contributed by atoms with Gasteiger partial charge >= 0.3 is 5.82 Å². The molecule has 2 rings (SSSR count). The third kappa shape index (κ3) is 1.84. The first kappa shape index (κ1) is 7.79. The van der Waals surface area contributed by atoms with Crippen LogP contribution in [0.5, 0.6) is 0 Å². The van der Waals surface area contributed by atoms with Gasteiger partial charge in [0.15, 0.2) is 0 Å². The summed E-state index contributed by atoms with van der Waals surface area (Å²) in [4.78, 5) is 10.5. The Labute approximate surface area is 73.8 Å². The molecule has 0 atom stereocenters. The quantitative estimate of drug-likeness (QED) is 0.692. The molecule has 1 heterocycles. The molecule has 0 aliphatic carbocycles. The van der Waals surface area contributed by atoms with Crippen molar-refractivity contribution in [3.63, 3.8) is 0 Å². The molecular formula is C9H7NO3. The maximum absolute atomic E-state index is 10.5. The molecule has 0 amide bonds. The van der Waals surface area contributed by atoms with Crippen molar-refractivity contribution >= 4 is 0 Å². The second kappa shape index (κ2) is 3.26. The molecule has 1 aromatic heterocycles. The van der Waals surface area contributed by atoms with Gasteiger partial charge in [-0.1, -0.05) is 30.3 Å². The van der Waals surface area contributed by atoms with Crippen LogP contribution in [0.2, 0.25) is 0 Å². The van der Waals surface area contributed by atoms with Gasteiger partial charge in [-0.3, -0.25) is 4.52 Å². The molecule has 0 unspecified atom stereocenters. The SMILES string of the molecule is O=c1onc(Cc2ccccc2)o1. The van der Waals surface area contributed by atoms with Crippen LogP contribution in [0.1, 0.15) is 11.5 Å². The van der Waals surface area contributed by atoms with Crippen LogP contribution in [-0.2, 0) is 6.42 Å². The second-order valence-electron chi connectivity index (χ2n) is 2.59. The van der Waals surface area contributed by atoms with Gasteiger partial charge in [0.25, 0.3) is 0 Å². The summed E-state index contributed by atoms with van der Waals surface area (Å²) in [7, 11) is 0. The van der Waals surface area contributed by atoms with E-state index in [1.165, 1.54) is 0 Å². The van der Waals surface area contributed by atoms with Crippen LogP contribution in [0.4, 0.5) is 0 Å². The Kier molecular flexibility index (Phi) is 1.96. The van der Waals surface area contributed by atoms with Crippen LogP contribution >= 0.6 is 0 Å². The molecule has 0 radical (unpaired) electrons. The molecule has 0 bridgehead atoms. The van der Waals surface area contributed by atoms with E-state index in [1.807, 2.05) is 30.3 Å². The minimum Gasteiger partial charge on any atom is -0.375 e. The third-order valence-electron chi connectivity index (χ3n) is 1.62. The third-order valence-corrected chi connectivity index (χ3v) is 1.62. The van der Waals surface area contributed by atoms with E-state index < -0.39 is 5.82 Å². The van der Waals surface area contributed by atoms with Gasteiger partial charge in [0.2, 0.25) is 5.89 Å². The first-order chi connectivity index (χ1) is 6.34. The van der Waals surface area contributed by atoms with Gasteiger partial charge in [-0.05, 0) is 10.7 Å². The van der Waals surface area contributed by atoms with Crippen molar-refractivity contribution in [2.75, 3.05) is 0 Å². The van der Waals surface area contributed by atoms with E-state index >= 15 is 0 Å². The average molecular weight is 177 g/mol. The molecule has 0 saturated heterocycles. The van der Waals surface area contributed by atoms with Gasteiger partial charge in [-0.25, -0.2) is 4.79 Å². The predicted octanol–water partition coefficient (Wildman–Crippen LogP) is 1.22. The van der Waals surface area contributed by atoms with Crippen LogP contribution in [0, 0.1) is 0 Å². The van der Waals surface area contributed by atoms with Gasteiger partial charge in [0.05, 0.1) is 6.42 Å². The lowest BCUT2D eigenvalue weighted by atomic mass is 10.2. The molecule has 0 N–H and O–H groups in total. The molecule has 0 fully saturated rings. The summed E-state index contributed by atoms with van der Waals surface area (Å²) in [6.45, 7) is 0. The highest BCUT2D eigenvalue weighted by Gasteiger charge is 2.03. The molecule has 4 nitrogen and oxygen atoms in total. The largest absolute Gasteiger partial charge is 0.542 e. The highest BCUT2D eigenvalue weighted by atomic mass is 16.6. The van der Waals surface area contributed by atoms with E-state index in [1.54, 1.807) is 0 Å². The van der Waals surface area contributed by atoms with E-state index in [2.05, 4.69) is 14.1 Å². The average Bonchev–Trinajstić information content (AvgIpc) is 2.53. The number of aromatic nitrogens is 1. The van der Waals surface area contributed by atoms with Crippen molar-refractivity contribution in [3.05, 3.63) is 52.4 Å². The van der Waals surface area contributed by atoms with Gasteiger partial charge < -0.3 is 4.42 Å². The summed E-state index contributed by atoms with van der Waals surface area (Å²) in [5.74, 6) is -0.456. The lowest BCUT2D eigenvalue weighted by molar-refractivity contribution is 0.334. The molecule has 0 aliphatic heterocycles. The van der Waals surface area contributed by atoms with E-state index in [0.717, 1.165) is 5.56 Å². The summed E-state index contributed by atoms with van der Waals surface area (Å²) in [6.07, 6.45) is 0.479. The highest BCUT2D eigenvalue weighted by molar-refractivity contribution is 5.17. The minimum atomic E-state index is -0.758. The standard InChI is InChI=1S/C9H7NO3/c11-9-12-8(10-13-9)6-7-4-2-1-3-5-7/h1-5H,6H2. The summed E-state index contributed by atoms with van der Waals surface area (Å²) in [6, 6.07) is 9.59. The van der Waals surface area contributed by atoms with Crippen LogP contribution in [0.3, 0.4) is 0 Å². The van der Waals surface area contributed by atoms with Crippen LogP contribution < -0.4 is 5.82 Å². The highest BCUT2D eigenvalue weighted by Crippen LogP contribution is 2.04. The van der Waals surface area contributed by atoms with Crippen LogP contribution in [0.15, 0.2) is 44.1 Å². The van der Waals surface area contributed by atoms with Crippen LogP contribution in [0.25, 0.3) is 0 Å². The Bertz CT molecular complexity index is 429. The zero-order valence-corrected chi connectivity index (χ0v) is 6.77. The van der Waals surface area contributed by atoms with E-state index in [-0.39, 0.29) is 0 Å².